The molecule has 0 atom stereocenters. The molecule has 0 unspecified atom stereocenters. The lowest BCUT2D eigenvalue weighted by atomic mass is 10.2. The van der Waals surface area contributed by atoms with Gasteiger partial charge >= 0.3 is 0 Å². The first-order valence-corrected chi connectivity index (χ1v) is 8.10. The van der Waals surface area contributed by atoms with Crippen LogP contribution in [0.15, 0.2) is 60.9 Å². The second-order valence-corrected chi connectivity index (χ2v) is 5.66. The van der Waals surface area contributed by atoms with Crippen molar-refractivity contribution in [2.24, 2.45) is 0 Å². The van der Waals surface area contributed by atoms with Gasteiger partial charge in [-0.2, -0.15) is 5.10 Å². The Balaban J connectivity index is 1.44. The number of benzene rings is 2. The first-order chi connectivity index (χ1) is 12.6. The van der Waals surface area contributed by atoms with Crippen molar-refractivity contribution in [3.8, 4) is 11.5 Å². The summed E-state index contributed by atoms with van der Waals surface area (Å²) in [6.07, 6.45) is 4.10. The van der Waals surface area contributed by atoms with Gasteiger partial charge in [0.15, 0.2) is 5.75 Å². The van der Waals surface area contributed by atoms with Gasteiger partial charge in [0.05, 0.1) is 12.4 Å². The second-order valence-electron chi connectivity index (χ2n) is 5.66. The molecule has 0 spiro atoms. The van der Waals surface area contributed by atoms with Crippen molar-refractivity contribution in [2.75, 3.05) is 5.32 Å². The summed E-state index contributed by atoms with van der Waals surface area (Å²) in [5, 5.41) is 6.81. The van der Waals surface area contributed by atoms with Gasteiger partial charge in [0, 0.05) is 18.7 Å². The summed E-state index contributed by atoms with van der Waals surface area (Å²) in [7, 11) is 0. The van der Waals surface area contributed by atoms with Gasteiger partial charge in [0.2, 0.25) is 5.91 Å². The smallest absolute Gasteiger partial charge is 0.224 e. The molecule has 0 aliphatic rings. The minimum atomic E-state index is -0.395. The molecule has 3 rings (SSSR count). The summed E-state index contributed by atoms with van der Waals surface area (Å²) in [6.45, 7) is 0.531. The molecule has 134 valence electrons. The molecular formula is C19H17F2N3O2. The third-order valence-corrected chi connectivity index (χ3v) is 3.56. The van der Waals surface area contributed by atoms with E-state index in [0.717, 1.165) is 0 Å². The quantitative estimate of drug-likeness (QED) is 0.683. The van der Waals surface area contributed by atoms with Gasteiger partial charge in [-0.15, -0.1) is 0 Å². The molecule has 0 radical (unpaired) electrons. The highest BCUT2D eigenvalue weighted by molar-refractivity contribution is 5.90. The fourth-order valence-corrected chi connectivity index (χ4v) is 2.35. The van der Waals surface area contributed by atoms with Crippen LogP contribution in [0.1, 0.15) is 12.8 Å². The molecule has 5 nitrogen and oxygen atoms in total. The van der Waals surface area contributed by atoms with Crippen LogP contribution in [0.3, 0.4) is 0 Å². The van der Waals surface area contributed by atoms with E-state index in [9.17, 15) is 13.6 Å². The maximum absolute atomic E-state index is 13.1. The molecule has 1 aromatic heterocycles. The number of amides is 1. The van der Waals surface area contributed by atoms with Gasteiger partial charge in [-0.1, -0.05) is 6.07 Å². The third-order valence-electron chi connectivity index (χ3n) is 3.56. The Bertz CT molecular complexity index is 879. The highest BCUT2D eigenvalue weighted by Gasteiger charge is 2.05. The minimum Gasteiger partial charge on any atom is -0.454 e. The summed E-state index contributed by atoms with van der Waals surface area (Å²) in [6, 6.07) is 11.5. The molecule has 0 saturated carbocycles. The van der Waals surface area contributed by atoms with Crippen molar-refractivity contribution in [1.29, 1.82) is 0 Å². The Morgan fingerprint density at radius 3 is 2.65 bits per heavy atom. The van der Waals surface area contributed by atoms with Crippen LogP contribution in [0.4, 0.5) is 14.5 Å². The first kappa shape index (κ1) is 17.6. The van der Waals surface area contributed by atoms with Crippen LogP contribution in [-0.2, 0) is 11.3 Å². The van der Waals surface area contributed by atoms with E-state index in [1.165, 1.54) is 42.5 Å². The van der Waals surface area contributed by atoms with E-state index in [-0.39, 0.29) is 18.1 Å². The van der Waals surface area contributed by atoms with Crippen molar-refractivity contribution in [3.05, 3.63) is 72.6 Å². The molecule has 3 aromatic rings. The van der Waals surface area contributed by atoms with Crippen molar-refractivity contribution in [2.45, 2.75) is 19.4 Å². The van der Waals surface area contributed by atoms with Crippen LogP contribution >= 0.6 is 0 Å². The van der Waals surface area contributed by atoms with Crippen LogP contribution in [0.5, 0.6) is 11.5 Å². The maximum Gasteiger partial charge on any atom is 0.224 e. The van der Waals surface area contributed by atoms with Crippen LogP contribution in [-0.4, -0.2) is 15.7 Å². The van der Waals surface area contributed by atoms with E-state index >= 15 is 0 Å². The molecule has 2 aromatic carbocycles. The SMILES string of the molecule is O=C(CCCn1cc(Oc2ccc(F)cc2)cn1)Nc1cccc(F)c1. The fourth-order valence-electron chi connectivity index (χ4n) is 2.35. The molecule has 1 amide bonds. The van der Waals surface area contributed by atoms with Crippen LogP contribution in [0.25, 0.3) is 0 Å². The Morgan fingerprint density at radius 1 is 1.08 bits per heavy atom. The Hall–Kier alpha value is -3.22. The number of nitrogens with one attached hydrogen (secondary N) is 1. The van der Waals surface area contributed by atoms with Crippen molar-refractivity contribution in [1.82, 2.24) is 9.78 Å². The molecule has 0 aliphatic heterocycles. The Kier molecular flexibility index (Phi) is 5.58. The second kappa shape index (κ2) is 8.24. The van der Waals surface area contributed by atoms with Gasteiger partial charge in [-0.3, -0.25) is 9.48 Å². The van der Waals surface area contributed by atoms with E-state index in [0.29, 0.717) is 30.2 Å². The van der Waals surface area contributed by atoms with Gasteiger partial charge in [0.25, 0.3) is 0 Å². The molecular weight excluding hydrogens is 340 g/mol. The lowest BCUT2D eigenvalue weighted by Crippen LogP contribution is -2.12. The first-order valence-electron chi connectivity index (χ1n) is 8.10. The van der Waals surface area contributed by atoms with Crippen LogP contribution in [0.2, 0.25) is 0 Å². The molecule has 0 fully saturated rings. The average molecular weight is 357 g/mol. The van der Waals surface area contributed by atoms with E-state index < -0.39 is 5.82 Å². The zero-order valence-corrected chi connectivity index (χ0v) is 13.9. The van der Waals surface area contributed by atoms with Crippen LogP contribution < -0.4 is 10.1 Å². The lowest BCUT2D eigenvalue weighted by Gasteiger charge is -2.05. The number of rotatable bonds is 7. The van der Waals surface area contributed by atoms with Gasteiger partial charge in [0.1, 0.15) is 17.4 Å². The number of ether oxygens (including phenoxy) is 1. The molecule has 26 heavy (non-hydrogen) atoms. The van der Waals surface area contributed by atoms with E-state index in [2.05, 4.69) is 10.4 Å². The molecule has 1 heterocycles. The molecule has 0 bridgehead atoms. The number of aromatic nitrogens is 2. The predicted octanol–water partition coefficient (Wildman–Crippen LogP) is 4.37. The average Bonchev–Trinajstić information content (AvgIpc) is 3.04. The zero-order valence-electron chi connectivity index (χ0n) is 13.9. The fraction of sp³-hybridized carbons (Fsp3) is 0.158. The summed E-state index contributed by atoms with van der Waals surface area (Å²) in [4.78, 5) is 11.9. The van der Waals surface area contributed by atoms with Gasteiger partial charge < -0.3 is 10.1 Å². The topological polar surface area (TPSA) is 56.2 Å². The molecule has 1 N–H and O–H groups in total. The van der Waals surface area contributed by atoms with E-state index in [4.69, 9.17) is 4.74 Å². The largest absolute Gasteiger partial charge is 0.454 e. The Morgan fingerprint density at radius 2 is 1.88 bits per heavy atom. The van der Waals surface area contributed by atoms with Crippen LogP contribution in [0, 0.1) is 11.6 Å². The highest BCUT2D eigenvalue weighted by atomic mass is 19.1. The molecule has 0 saturated heterocycles. The monoisotopic (exact) mass is 357 g/mol. The minimum absolute atomic E-state index is 0.189. The maximum atomic E-state index is 13.1. The standard InChI is InChI=1S/C19H17F2N3O2/c20-14-6-8-17(9-7-14)26-18-12-22-24(13-18)10-2-5-19(25)23-16-4-1-3-15(21)11-16/h1,3-4,6-9,11-13H,2,5,10H2,(H,23,25). The molecule has 0 aliphatic carbocycles. The third kappa shape index (κ3) is 5.14. The number of aryl methyl sites for hydroxylation is 1. The number of carbonyl (C=O) groups excluding carboxylic acids is 1. The van der Waals surface area contributed by atoms with Crippen molar-refractivity contribution < 1.29 is 18.3 Å². The number of anilines is 1. The van der Waals surface area contributed by atoms with Crippen molar-refractivity contribution in [3.63, 3.8) is 0 Å². The van der Waals surface area contributed by atoms with E-state index in [1.807, 2.05) is 0 Å². The lowest BCUT2D eigenvalue weighted by molar-refractivity contribution is -0.116. The number of halogens is 2. The van der Waals surface area contributed by atoms with Gasteiger partial charge in [-0.05, 0) is 48.9 Å². The summed E-state index contributed by atoms with van der Waals surface area (Å²) in [5.74, 6) is 0.129. The normalized spacial score (nSPS) is 10.5. The summed E-state index contributed by atoms with van der Waals surface area (Å²) in [5.41, 5.74) is 0.434. The number of hydrogen-bond donors (Lipinski definition) is 1. The number of nitrogens with zero attached hydrogens (tertiary/aromatic N) is 2. The van der Waals surface area contributed by atoms with E-state index in [1.54, 1.807) is 23.1 Å². The predicted molar refractivity (Wildman–Crippen MR) is 93.0 cm³/mol. The summed E-state index contributed by atoms with van der Waals surface area (Å²) < 4.78 is 33.2. The zero-order chi connectivity index (χ0) is 18.4. The Labute approximate surface area is 149 Å². The summed E-state index contributed by atoms with van der Waals surface area (Å²) >= 11 is 0. The number of hydrogen-bond acceptors (Lipinski definition) is 3. The van der Waals surface area contributed by atoms with Gasteiger partial charge in [-0.25, -0.2) is 8.78 Å². The number of carbonyl (C=O) groups is 1. The van der Waals surface area contributed by atoms with Crippen molar-refractivity contribution >= 4 is 11.6 Å². The molecule has 7 heteroatoms. The highest BCUT2D eigenvalue weighted by Crippen LogP contribution is 2.20.